The summed E-state index contributed by atoms with van der Waals surface area (Å²) in [6, 6.07) is 0.558. The lowest BCUT2D eigenvalue weighted by Gasteiger charge is -2.05. The molecule has 0 rings (SSSR count). The van der Waals surface area contributed by atoms with Crippen molar-refractivity contribution < 1.29 is 0 Å². The van der Waals surface area contributed by atoms with Gasteiger partial charge in [-0.2, -0.15) is 0 Å². The third-order valence-corrected chi connectivity index (χ3v) is 2.00. The van der Waals surface area contributed by atoms with Gasteiger partial charge in [0.15, 0.2) is 0 Å². The predicted octanol–water partition coefficient (Wildman–Crippen LogP) is 3.14. The second kappa shape index (κ2) is 8.21. The first kappa shape index (κ1) is 12.6. The van der Waals surface area contributed by atoms with Crippen LogP contribution in [0.4, 0.5) is 0 Å². The summed E-state index contributed by atoms with van der Waals surface area (Å²) in [6.07, 6.45) is 3.14. The molecule has 0 heterocycles. The molecule has 0 amide bonds. The van der Waals surface area contributed by atoms with Gasteiger partial charge in [0.25, 0.3) is 0 Å². The van der Waals surface area contributed by atoms with Gasteiger partial charge in [0.05, 0.1) is 22.4 Å². The largest absolute Gasteiger partial charge is 0.229 e. The molecule has 0 aliphatic heterocycles. The fourth-order valence-electron chi connectivity index (χ4n) is 1.02. The molecule has 4 heteroatoms. The first-order chi connectivity index (χ1) is 6.20. The van der Waals surface area contributed by atoms with E-state index >= 15 is 0 Å². The van der Waals surface area contributed by atoms with Crippen molar-refractivity contribution in [2.45, 2.75) is 45.2 Å². The Labute approximate surface area is 90.2 Å². The van der Waals surface area contributed by atoms with Crippen molar-refractivity contribution in [3.05, 3.63) is 0 Å². The molecule has 0 aromatic carbocycles. The molecule has 0 spiro atoms. The molecule has 0 aliphatic rings. The lowest BCUT2D eigenvalue weighted by molar-refractivity contribution is 0.559. The maximum atomic E-state index is 4.51. The molecule has 0 aromatic heterocycles. The first-order valence-corrected chi connectivity index (χ1v) is 5.16. The van der Waals surface area contributed by atoms with Crippen LogP contribution >= 0.6 is 24.4 Å². The van der Waals surface area contributed by atoms with Crippen LogP contribution in [0, 0.1) is 0 Å². The second-order valence-electron chi connectivity index (χ2n) is 3.07. The van der Waals surface area contributed by atoms with Gasteiger partial charge >= 0.3 is 0 Å². The fraction of sp³-hybridized carbons (Fsp3) is 0.778. The van der Waals surface area contributed by atoms with E-state index in [1.807, 2.05) is 13.8 Å². The van der Waals surface area contributed by atoms with Crippen molar-refractivity contribution in [1.82, 2.24) is 0 Å². The summed E-state index contributed by atoms with van der Waals surface area (Å²) in [5, 5.41) is 4.77. The Hall–Kier alpha value is -0.400. The minimum atomic E-state index is 0.279. The van der Waals surface area contributed by atoms with E-state index in [2.05, 4.69) is 44.7 Å². The van der Waals surface area contributed by atoms with Crippen LogP contribution in [0.15, 0.2) is 9.98 Å². The Kier molecular flexibility index (Phi) is 7.96. The highest BCUT2D eigenvalue weighted by molar-refractivity contribution is 7.78. The van der Waals surface area contributed by atoms with Crippen LogP contribution in [0.1, 0.15) is 33.1 Å². The Morgan fingerprint density at radius 2 is 1.38 bits per heavy atom. The lowest BCUT2D eigenvalue weighted by Crippen LogP contribution is -2.01. The topological polar surface area (TPSA) is 24.7 Å². The summed E-state index contributed by atoms with van der Waals surface area (Å²) >= 11 is 9.03. The number of isothiocyanates is 2. The maximum Gasteiger partial charge on any atom is 0.0587 e. The van der Waals surface area contributed by atoms with Crippen molar-refractivity contribution >= 4 is 34.8 Å². The molecule has 0 bridgehead atoms. The van der Waals surface area contributed by atoms with Gasteiger partial charge in [-0.15, -0.1) is 0 Å². The summed E-state index contributed by atoms with van der Waals surface area (Å²) in [6.45, 7) is 4.07. The zero-order valence-electron chi connectivity index (χ0n) is 7.99. The average Bonchev–Trinajstić information content (AvgIpc) is 2.05. The van der Waals surface area contributed by atoms with Crippen molar-refractivity contribution in [3.63, 3.8) is 0 Å². The van der Waals surface area contributed by atoms with E-state index in [1.165, 1.54) is 0 Å². The number of rotatable bonds is 6. The smallest absolute Gasteiger partial charge is 0.0587 e. The van der Waals surface area contributed by atoms with Crippen molar-refractivity contribution in [1.29, 1.82) is 0 Å². The Morgan fingerprint density at radius 3 is 1.69 bits per heavy atom. The fourth-order valence-corrected chi connectivity index (χ4v) is 1.38. The molecule has 13 heavy (non-hydrogen) atoms. The van der Waals surface area contributed by atoms with E-state index in [0.29, 0.717) is 0 Å². The molecule has 2 nitrogen and oxygen atoms in total. The van der Waals surface area contributed by atoms with E-state index in [4.69, 9.17) is 0 Å². The number of hydrogen-bond donors (Lipinski definition) is 0. The first-order valence-electron chi connectivity index (χ1n) is 4.34. The molecule has 0 aromatic rings. The van der Waals surface area contributed by atoms with Gasteiger partial charge in [0, 0.05) is 0 Å². The monoisotopic (exact) mass is 214 g/mol. The van der Waals surface area contributed by atoms with Gasteiger partial charge in [-0.25, -0.2) is 9.98 Å². The molecule has 0 saturated carbocycles. The third kappa shape index (κ3) is 7.94. The molecular formula is C9H14N2S2. The quantitative estimate of drug-likeness (QED) is 0.501. The van der Waals surface area contributed by atoms with E-state index in [1.54, 1.807) is 0 Å². The zero-order chi connectivity index (χ0) is 10.1. The van der Waals surface area contributed by atoms with Gasteiger partial charge in [-0.1, -0.05) is 0 Å². The average molecular weight is 214 g/mol. The third-order valence-electron chi connectivity index (χ3n) is 1.79. The molecule has 0 fully saturated rings. The van der Waals surface area contributed by atoms with Crippen LogP contribution in [-0.2, 0) is 0 Å². The highest BCUT2D eigenvalue weighted by Crippen LogP contribution is 2.07. The molecule has 0 saturated heterocycles. The van der Waals surface area contributed by atoms with Crippen LogP contribution in [0.2, 0.25) is 0 Å². The summed E-state index contributed by atoms with van der Waals surface area (Å²) in [5.41, 5.74) is 0. The van der Waals surface area contributed by atoms with Crippen molar-refractivity contribution in [2.24, 2.45) is 9.98 Å². The predicted molar refractivity (Wildman–Crippen MR) is 62.8 cm³/mol. The maximum absolute atomic E-state index is 4.51. The summed E-state index contributed by atoms with van der Waals surface area (Å²) < 4.78 is 0. The van der Waals surface area contributed by atoms with Crippen molar-refractivity contribution in [2.75, 3.05) is 0 Å². The van der Waals surface area contributed by atoms with Gasteiger partial charge in [0.2, 0.25) is 0 Å². The molecule has 2 atom stereocenters. The Morgan fingerprint density at radius 1 is 1.00 bits per heavy atom. The Balaban J connectivity index is 3.55. The summed E-state index contributed by atoms with van der Waals surface area (Å²) in [7, 11) is 0. The number of nitrogens with zero attached hydrogens (tertiary/aromatic N) is 2. The molecule has 0 radical (unpaired) electrons. The minimum absolute atomic E-state index is 0.279. The molecule has 0 aliphatic carbocycles. The highest BCUT2D eigenvalue weighted by Gasteiger charge is 2.01. The normalized spacial score (nSPS) is 13.7. The molecule has 72 valence electrons. The highest BCUT2D eigenvalue weighted by atomic mass is 32.1. The van der Waals surface area contributed by atoms with Gasteiger partial charge in [-0.3, -0.25) is 0 Å². The number of hydrogen-bond acceptors (Lipinski definition) is 4. The van der Waals surface area contributed by atoms with Gasteiger partial charge in [-0.05, 0) is 57.5 Å². The van der Waals surface area contributed by atoms with Crippen LogP contribution in [0.5, 0.6) is 0 Å². The summed E-state index contributed by atoms with van der Waals surface area (Å²) in [4.78, 5) is 7.93. The van der Waals surface area contributed by atoms with Crippen LogP contribution in [0.3, 0.4) is 0 Å². The molecular weight excluding hydrogens is 200 g/mol. The van der Waals surface area contributed by atoms with E-state index in [0.717, 1.165) is 19.3 Å². The van der Waals surface area contributed by atoms with Crippen LogP contribution in [-0.4, -0.2) is 22.4 Å². The minimum Gasteiger partial charge on any atom is -0.229 e. The SMILES string of the molecule is CC(CCCC(C)N=C=S)N=C=S. The molecule has 0 N–H and O–H groups in total. The van der Waals surface area contributed by atoms with Crippen LogP contribution < -0.4 is 0 Å². The van der Waals surface area contributed by atoms with Crippen LogP contribution in [0.25, 0.3) is 0 Å². The molecule has 2 unspecified atom stereocenters. The Bertz CT molecular complexity index is 204. The standard InChI is InChI=1S/C9H14N2S2/c1-8(10-6-12)4-3-5-9(2)11-7-13/h8-9H,3-5H2,1-2H3. The summed E-state index contributed by atoms with van der Waals surface area (Å²) in [5.74, 6) is 0. The van der Waals surface area contributed by atoms with Gasteiger partial charge in [0.1, 0.15) is 0 Å². The van der Waals surface area contributed by atoms with E-state index < -0.39 is 0 Å². The number of aliphatic imine (C=N–C) groups is 2. The number of thiocarbonyl (C=S) groups is 2. The van der Waals surface area contributed by atoms with E-state index in [9.17, 15) is 0 Å². The van der Waals surface area contributed by atoms with E-state index in [-0.39, 0.29) is 12.1 Å². The van der Waals surface area contributed by atoms with Crippen molar-refractivity contribution in [3.8, 4) is 0 Å². The zero-order valence-corrected chi connectivity index (χ0v) is 9.62. The van der Waals surface area contributed by atoms with Gasteiger partial charge < -0.3 is 0 Å². The lowest BCUT2D eigenvalue weighted by atomic mass is 10.1. The second-order valence-corrected chi connectivity index (χ2v) is 3.43.